The lowest BCUT2D eigenvalue weighted by Crippen LogP contribution is -2.23. The van der Waals surface area contributed by atoms with Crippen molar-refractivity contribution in [2.45, 2.75) is 90.0 Å². The van der Waals surface area contributed by atoms with Crippen molar-refractivity contribution < 1.29 is 4.74 Å². The summed E-state index contributed by atoms with van der Waals surface area (Å²) < 4.78 is 6.14. The Kier molecular flexibility index (Phi) is 6.69. The van der Waals surface area contributed by atoms with Gasteiger partial charge in [-0.3, -0.25) is 0 Å². The SMILES string of the molecule is Cc1cc(SSc2cc(C)c(C(C)(C)C)c(C)c2)cc(C)c1OC(C)(C)C. The lowest BCUT2D eigenvalue weighted by atomic mass is 9.81. The molecule has 0 fully saturated rings. The van der Waals surface area contributed by atoms with Crippen molar-refractivity contribution in [2.75, 3.05) is 0 Å². The zero-order chi connectivity index (χ0) is 20.6. The van der Waals surface area contributed by atoms with Crippen LogP contribution in [0.3, 0.4) is 0 Å². The topological polar surface area (TPSA) is 9.23 Å². The van der Waals surface area contributed by atoms with Gasteiger partial charge in [0.05, 0.1) is 0 Å². The van der Waals surface area contributed by atoms with Crippen LogP contribution < -0.4 is 4.74 Å². The summed E-state index contributed by atoms with van der Waals surface area (Å²) in [5.74, 6) is 1.01. The van der Waals surface area contributed by atoms with Crippen molar-refractivity contribution in [1.29, 1.82) is 0 Å². The Morgan fingerprint density at radius 1 is 0.630 bits per heavy atom. The van der Waals surface area contributed by atoms with Crippen molar-refractivity contribution in [3.05, 3.63) is 52.1 Å². The molecule has 3 heteroatoms. The molecule has 0 bridgehead atoms. The number of hydrogen-bond acceptors (Lipinski definition) is 3. The van der Waals surface area contributed by atoms with Gasteiger partial charge in [0.2, 0.25) is 0 Å². The lowest BCUT2D eigenvalue weighted by molar-refractivity contribution is 0.128. The van der Waals surface area contributed by atoms with Crippen LogP contribution in [0.4, 0.5) is 0 Å². The first-order valence-electron chi connectivity index (χ1n) is 9.54. The molecular formula is C24H34OS2. The number of ether oxygens (including phenoxy) is 1. The van der Waals surface area contributed by atoms with Gasteiger partial charge < -0.3 is 4.74 Å². The largest absolute Gasteiger partial charge is 0.488 e. The zero-order valence-corrected chi connectivity index (χ0v) is 20.2. The number of benzene rings is 2. The van der Waals surface area contributed by atoms with Crippen LogP contribution in [0.5, 0.6) is 5.75 Å². The van der Waals surface area contributed by atoms with E-state index in [2.05, 4.69) is 93.5 Å². The summed E-state index contributed by atoms with van der Waals surface area (Å²) in [6.45, 7) is 21.9. The summed E-state index contributed by atoms with van der Waals surface area (Å²) in [6, 6.07) is 9.11. The Morgan fingerprint density at radius 2 is 1.00 bits per heavy atom. The van der Waals surface area contributed by atoms with Gasteiger partial charge in [-0.25, -0.2) is 0 Å². The normalized spacial score (nSPS) is 12.4. The van der Waals surface area contributed by atoms with E-state index in [0.29, 0.717) is 0 Å². The van der Waals surface area contributed by atoms with Crippen LogP contribution in [0, 0.1) is 27.7 Å². The first-order chi connectivity index (χ1) is 12.3. The Morgan fingerprint density at radius 3 is 1.33 bits per heavy atom. The molecule has 0 spiro atoms. The molecule has 0 unspecified atom stereocenters. The van der Waals surface area contributed by atoms with Crippen molar-refractivity contribution in [3.63, 3.8) is 0 Å². The zero-order valence-electron chi connectivity index (χ0n) is 18.5. The summed E-state index contributed by atoms with van der Waals surface area (Å²) in [7, 11) is 3.65. The molecule has 0 N–H and O–H groups in total. The highest BCUT2D eigenvalue weighted by Gasteiger charge is 2.20. The third-order valence-corrected chi connectivity index (χ3v) is 6.68. The summed E-state index contributed by atoms with van der Waals surface area (Å²) >= 11 is 0. The molecule has 0 aliphatic heterocycles. The van der Waals surface area contributed by atoms with E-state index in [-0.39, 0.29) is 11.0 Å². The standard InChI is InChI=1S/C24H34OS2/c1-15-11-19(12-16(2)21(15)23(5,6)7)26-27-20-13-17(3)22(18(4)14-20)25-24(8,9)10/h11-14H,1-10H3. The summed E-state index contributed by atoms with van der Waals surface area (Å²) in [5.41, 5.74) is 6.63. The van der Waals surface area contributed by atoms with Crippen molar-refractivity contribution in [3.8, 4) is 5.75 Å². The van der Waals surface area contributed by atoms with Crippen LogP contribution in [0.1, 0.15) is 69.4 Å². The van der Waals surface area contributed by atoms with E-state index < -0.39 is 0 Å². The number of aryl methyl sites for hydroxylation is 4. The monoisotopic (exact) mass is 402 g/mol. The fraction of sp³-hybridized carbons (Fsp3) is 0.500. The highest BCUT2D eigenvalue weighted by molar-refractivity contribution is 8.76. The molecule has 0 aromatic heterocycles. The fourth-order valence-corrected chi connectivity index (χ4v) is 5.92. The third-order valence-electron chi connectivity index (χ3n) is 4.33. The Labute approximate surface area is 174 Å². The molecule has 148 valence electrons. The van der Waals surface area contributed by atoms with Crippen LogP contribution in [0.15, 0.2) is 34.1 Å². The summed E-state index contributed by atoms with van der Waals surface area (Å²) in [4.78, 5) is 2.58. The minimum Gasteiger partial charge on any atom is -0.488 e. The van der Waals surface area contributed by atoms with Crippen molar-refractivity contribution >= 4 is 21.6 Å². The average molecular weight is 403 g/mol. The molecule has 0 aliphatic rings. The molecule has 0 amide bonds. The minimum atomic E-state index is -0.178. The third kappa shape index (κ3) is 5.96. The maximum atomic E-state index is 6.14. The molecule has 2 aromatic rings. The number of hydrogen-bond donors (Lipinski definition) is 0. The molecule has 0 radical (unpaired) electrons. The Balaban J connectivity index is 2.20. The maximum absolute atomic E-state index is 6.14. The molecule has 2 aromatic carbocycles. The van der Waals surface area contributed by atoms with Gasteiger partial charge in [-0.15, -0.1) is 0 Å². The molecule has 27 heavy (non-hydrogen) atoms. The van der Waals surface area contributed by atoms with Crippen LogP contribution in [0.2, 0.25) is 0 Å². The van der Waals surface area contributed by atoms with Gasteiger partial charge in [0.1, 0.15) is 11.4 Å². The average Bonchev–Trinajstić information content (AvgIpc) is 2.46. The number of rotatable bonds is 4. The van der Waals surface area contributed by atoms with Gasteiger partial charge in [0, 0.05) is 9.79 Å². The first-order valence-corrected chi connectivity index (χ1v) is 11.7. The second-order valence-electron chi connectivity index (χ2n) is 9.45. The van der Waals surface area contributed by atoms with Crippen LogP contribution >= 0.6 is 21.6 Å². The summed E-state index contributed by atoms with van der Waals surface area (Å²) in [5, 5.41) is 0. The molecule has 2 rings (SSSR count). The second-order valence-corrected chi connectivity index (χ2v) is 11.7. The van der Waals surface area contributed by atoms with Gasteiger partial charge >= 0.3 is 0 Å². The van der Waals surface area contributed by atoms with Gasteiger partial charge in [-0.05, 0) is 106 Å². The van der Waals surface area contributed by atoms with E-state index in [1.165, 1.54) is 37.6 Å². The van der Waals surface area contributed by atoms with E-state index in [1.807, 2.05) is 21.6 Å². The molecule has 0 aliphatic carbocycles. The second kappa shape index (κ2) is 8.13. The van der Waals surface area contributed by atoms with Crippen LogP contribution in [0.25, 0.3) is 0 Å². The van der Waals surface area contributed by atoms with E-state index in [1.54, 1.807) is 0 Å². The highest BCUT2D eigenvalue weighted by Crippen LogP contribution is 2.42. The van der Waals surface area contributed by atoms with Crippen molar-refractivity contribution in [2.24, 2.45) is 0 Å². The minimum absolute atomic E-state index is 0.178. The van der Waals surface area contributed by atoms with Crippen LogP contribution in [-0.2, 0) is 5.41 Å². The van der Waals surface area contributed by atoms with E-state index in [4.69, 9.17) is 4.74 Å². The van der Waals surface area contributed by atoms with Gasteiger partial charge in [-0.1, -0.05) is 42.4 Å². The van der Waals surface area contributed by atoms with Gasteiger partial charge in [0.15, 0.2) is 0 Å². The summed E-state index contributed by atoms with van der Waals surface area (Å²) in [6.07, 6.45) is 0. The molecule has 0 heterocycles. The molecule has 1 nitrogen and oxygen atoms in total. The van der Waals surface area contributed by atoms with Gasteiger partial charge in [-0.2, -0.15) is 0 Å². The molecule has 0 atom stereocenters. The predicted octanol–water partition coefficient (Wildman–Crippen LogP) is 8.19. The molecule has 0 saturated carbocycles. The maximum Gasteiger partial charge on any atom is 0.125 e. The van der Waals surface area contributed by atoms with E-state index in [9.17, 15) is 0 Å². The highest BCUT2D eigenvalue weighted by atomic mass is 33.1. The van der Waals surface area contributed by atoms with E-state index in [0.717, 1.165) is 5.75 Å². The first kappa shape index (κ1) is 22.2. The fourth-order valence-electron chi connectivity index (χ4n) is 3.68. The van der Waals surface area contributed by atoms with Gasteiger partial charge in [0.25, 0.3) is 0 Å². The quantitative estimate of drug-likeness (QED) is 0.477. The Bertz CT molecular complexity index is 777. The van der Waals surface area contributed by atoms with Crippen molar-refractivity contribution in [1.82, 2.24) is 0 Å². The molecular weight excluding hydrogens is 368 g/mol. The van der Waals surface area contributed by atoms with Crippen LogP contribution in [-0.4, -0.2) is 5.60 Å². The Hall–Kier alpha value is -1.06. The smallest absolute Gasteiger partial charge is 0.125 e. The predicted molar refractivity (Wildman–Crippen MR) is 123 cm³/mol. The molecule has 0 saturated heterocycles. The van der Waals surface area contributed by atoms with E-state index >= 15 is 0 Å². The lowest BCUT2D eigenvalue weighted by Gasteiger charge is -2.25.